The lowest BCUT2D eigenvalue weighted by Crippen LogP contribution is -2.15. The summed E-state index contributed by atoms with van der Waals surface area (Å²) < 4.78 is 26.6. The van der Waals surface area contributed by atoms with Crippen molar-refractivity contribution in [2.45, 2.75) is 4.90 Å². The highest BCUT2D eigenvalue weighted by Crippen LogP contribution is 2.24. The molecule has 0 aliphatic heterocycles. The minimum Gasteiger partial charge on any atom is -0.478 e. The van der Waals surface area contributed by atoms with Crippen molar-refractivity contribution in [1.82, 2.24) is 0 Å². The summed E-state index contributed by atoms with van der Waals surface area (Å²) in [5.74, 6) is -1.29. The van der Waals surface area contributed by atoms with Crippen LogP contribution in [0.4, 0.5) is 5.69 Å². The number of halogens is 2. The third-order valence-electron chi connectivity index (χ3n) is 2.58. The molecular formula is C13H9Cl2NO4S. The highest BCUT2D eigenvalue weighted by molar-refractivity contribution is 7.92. The number of carbonyl (C=O) groups is 1. The van der Waals surface area contributed by atoms with Crippen LogP contribution in [0.1, 0.15) is 10.4 Å². The van der Waals surface area contributed by atoms with E-state index in [1.54, 1.807) is 0 Å². The molecule has 0 saturated carbocycles. The first kappa shape index (κ1) is 15.6. The van der Waals surface area contributed by atoms with E-state index in [1.165, 1.54) is 42.5 Å². The lowest BCUT2D eigenvalue weighted by molar-refractivity contribution is 0.0698. The van der Waals surface area contributed by atoms with Gasteiger partial charge in [-0.3, -0.25) is 4.72 Å². The number of anilines is 1. The van der Waals surface area contributed by atoms with Crippen LogP contribution in [0.5, 0.6) is 0 Å². The van der Waals surface area contributed by atoms with E-state index in [9.17, 15) is 13.2 Å². The molecule has 0 bridgehead atoms. The minimum atomic E-state index is -3.91. The lowest BCUT2D eigenvalue weighted by Gasteiger charge is -2.11. The summed E-state index contributed by atoms with van der Waals surface area (Å²) >= 11 is 11.4. The predicted octanol–water partition coefficient (Wildman–Crippen LogP) is 3.49. The third-order valence-corrected chi connectivity index (χ3v) is 4.45. The summed E-state index contributed by atoms with van der Waals surface area (Å²) in [5.41, 5.74) is -0.304. The SMILES string of the molecule is O=C(O)c1cc(Cl)ccc1NS(=O)(=O)c1ccc(Cl)cc1. The third kappa shape index (κ3) is 3.66. The van der Waals surface area contributed by atoms with E-state index >= 15 is 0 Å². The van der Waals surface area contributed by atoms with Gasteiger partial charge in [0.05, 0.1) is 16.1 Å². The van der Waals surface area contributed by atoms with Gasteiger partial charge in [-0.1, -0.05) is 23.2 Å². The maximum atomic E-state index is 12.2. The van der Waals surface area contributed by atoms with Gasteiger partial charge in [-0.15, -0.1) is 0 Å². The second kappa shape index (κ2) is 5.93. The Hall–Kier alpha value is -1.76. The predicted molar refractivity (Wildman–Crippen MR) is 80.7 cm³/mol. The summed E-state index contributed by atoms with van der Waals surface area (Å²) in [6.45, 7) is 0. The molecule has 0 amide bonds. The molecule has 8 heteroatoms. The molecule has 2 aromatic rings. The zero-order valence-electron chi connectivity index (χ0n) is 10.4. The molecular weight excluding hydrogens is 337 g/mol. The number of rotatable bonds is 4. The van der Waals surface area contributed by atoms with Gasteiger partial charge >= 0.3 is 5.97 Å². The molecule has 0 heterocycles. The van der Waals surface area contributed by atoms with Crippen molar-refractivity contribution in [3.8, 4) is 0 Å². The molecule has 0 saturated heterocycles. The van der Waals surface area contributed by atoms with Gasteiger partial charge in [0.2, 0.25) is 0 Å². The average molecular weight is 346 g/mol. The van der Waals surface area contributed by atoms with Crippen LogP contribution in [-0.4, -0.2) is 19.5 Å². The van der Waals surface area contributed by atoms with Gasteiger partial charge in [0, 0.05) is 10.0 Å². The van der Waals surface area contributed by atoms with E-state index in [4.69, 9.17) is 28.3 Å². The Balaban J connectivity index is 2.41. The van der Waals surface area contributed by atoms with Crippen LogP contribution in [0.2, 0.25) is 10.0 Å². The number of hydrogen-bond donors (Lipinski definition) is 2. The van der Waals surface area contributed by atoms with Crippen LogP contribution < -0.4 is 4.72 Å². The second-order valence-corrected chi connectivity index (χ2v) is 6.61. The molecule has 0 fully saturated rings. The topological polar surface area (TPSA) is 83.5 Å². The molecule has 0 radical (unpaired) electrons. The molecule has 0 aliphatic carbocycles. The lowest BCUT2D eigenvalue weighted by atomic mass is 10.2. The molecule has 21 heavy (non-hydrogen) atoms. The molecule has 2 rings (SSSR count). The van der Waals surface area contributed by atoms with Crippen LogP contribution in [-0.2, 0) is 10.0 Å². The van der Waals surface area contributed by atoms with Crippen LogP contribution >= 0.6 is 23.2 Å². The molecule has 5 nitrogen and oxygen atoms in total. The van der Waals surface area contributed by atoms with Gasteiger partial charge in [0.25, 0.3) is 10.0 Å². The Kier molecular flexibility index (Phi) is 4.41. The standard InChI is InChI=1S/C13H9Cl2NO4S/c14-8-1-4-10(5-2-8)21(19,20)16-12-6-3-9(15)7-11(12)13(17)18/h1-7,16H,(H,17,18). The fraction of sp³-hybridized carbons (Fsp3) is 0. The van der Waals surface area contributed by atoms with E-state index in [0.717, 1.165) is 0 Å². The van der Waals surface area contributed by atoms with Crippen LogP contribution in [0.25, 0.3) is 0 Å². The first-order chi connectivity index (χ1) is 9.79. The Morgan fingerprint density at radius 3 is 2.14 bits per heavy atom. The van der Waals surface area contributed by atoms with Gasteiger partial charge in [0.1, 0.15) is 0 Å². The normalized spacial score (nSPS) is 11.1. The Morgan fingerprint density at radius 1 is 1.00 bits per heavy atom. The van der Waals surface area contributed by atoms with Gasteiger partial charge in [-0.25, -0.2) is 13.2 Å². The zero-order chi connectivity index (χ0) is 15.6. The zero-order valence-corrected chi connectivity index (χ0v) is 12.7. The van der Waals surface area contributed by atoms with E-state index in [2.05, 4.69) is 4.72 Å². The minimum absolute atomic E-state index is 0.0295. The number of benzene rings is 2. The number of carboxylic acid groups (broad SMARTS) is 1. The molecule has 110 valence electrons. The maximum Gasteiger partial charge on any atom is 0.337 e. The van der Waals surface area contributed by atoms with Crippen molar-refractivity contribution >= 4 is 44.9 Å². The van der Waals surface area contributed by atoms with E-state index < -0.39 is 16.0 Å². The van der Waals surface area contributed by atoms with Gasteiger partial charge in [-0.2, -0.15) is 0 Å². The van der Waals surface area contributed by atoms with E-state index in [1.807, 2.05) is 0 Å². The van der Waals surface area contributed by atoms with Crippen molar-refractivity contribution in [2.24, 2.45) is 0 Å². The monoisotopic (exact) mass is 345 g/mol. The van der Waals surface area contributed by atoms with Crippen molar-refractivity contribution < 1.29 is 18.3 Å². The number of sulfonamides is 1. The smallest absolute Gasteiger partial charge is 0.337 e. The van der Waals surface area contributed by atoms with Gasteiger partial charge < -0.3 is 5.11 Å². The van der Waals surface area contributed by atoms with Crippen molar-refractivity contribution in [2.75, 3.05) is 4.72 Å². The quantitative estimate of drug-likeness (QED) is 0.888. The molecule has 0 aliphatic rings. The summed E-state index contributed by atoms with van der Waals surface area (Å²) in [5, 5.41) is 9.67. The largest absolute Gasteiger partial charge is 0.478 e. The first-order valence-electron chi connectivity index (χ1n) is 5.61. The maximum absolute atomic E-state index is 12.2. The fourth-order valence-electron chi connectivity index (χ4n) is 1.60. The molecule has 0 unspecified atom stereocenters. The molecule has 0 aromatic heterocycles. The van der Waals surface area contributed by atoms with Gasteiger partial charge in [-0.05, 0) is 42.5 Å². The molecule has 2 N–H and O–H groups in total. The Bertz CT molecular complexity index is 788. The molecule has 2 aromatic carbocycles. The van der Waals surface area contributed by atoms with Crippen molar-refractivity contribution in [1.29, 1.82) is 0 Å². The summed E-state index contributed by atoms with van der Waals surface area (Å²) in [6.07, 6.45) is 0. The number of nitrogens with one attached hydrogen (secondary N) is 1. The summed E-state index contributed by atoms with van der Waals surface area (Å²) in [6, 6.07) is 9.35. The second-order valence-electron chi connectivity index (χ2n) is 4.05. The Labute approximate surface area is 131 Å². The Morgan fingerprint density at radius 2 is 1.57 bits per heavy atom. The highest BCUT2D eigenvalue weighted by atomic mass is 35.5. The number of hydrogen-bond acceptors (Lipinski definition) is 3. The van der Waals surface area contributed by atoms with Gasteiger partial charge in [0.15, 0.2) is 0 Å². The van der Waals surface area contributed by atoms with Crippen LogP contribution in [0.3, 0.4) is 0 Å². The molecule has 0 atom stereocenters. The fourth-order valence-corrected chi connectivity index (χ4v) is 2.98. The first-order valence-corrected chi connectivity index (χ1v) is 7.85. The number of carboxylic acids is 1. The van der Waals surface area contributed by atoms with E-state index in [-0.39, 0.29) is 21.2 Å². The van der Waals surface area contributed by atoms with E-state index in [0.29, 0.717) is 5.02 Å². The summed E-state index contributed by atoms with van der Waals surface area (Å²) in [7, 11) is -3.91. The van der Waals surface area contributed by atoms with Crippen molar-refractivity contribution in [3.05, 3.63) is 58.1 Å². The van der Waals surface area contributed by atoms with Crippen LogP contribution in [0.15, 0.2) is 47.4 Å². The van der Waals surface area contributed by atoms with Crippen LogP contribution in [0, 0.1) is 0 Å². The number of aromatic carboxylic acids is 1. The summed E-state index contributed by atoms with van der Waals surface area (Å²) in [4.78, 5) is 11.1. The van der Waals surface area contributed by atoms with Crippen molar-refractivity contribution in [3.63, 3.8) is 0 Å². The average Bonchev–Trinajstić information content (AvgIpc) is 2.41. The molecule has 0 spiro atoms. The highest BCUT2D eigenvalue weighted by Gasteiger charge is 2.18.